The molecule has 0 bridgehead atoms. The molecule has 5 aromatic rings. The lowest BCUT2D eigenvalue weighted by atomic mass is 10.1. The summed E-state index contributed by atoms with van der Waals surface area (Å²) in [7, 11) is 1.79. The molecule has 0 radical (unpaired) electrons. The van der Waals surface area contributed by atoms with Crippen molar-refractivity contribution in [3.63, 3.8) is 0 Å². The molecule has 12 heteroatoms. The summed E-state index contributed by atoms with van der Waals surface area (Å²) in [5.74, 6) is 1.66. The third-order valence-electron chi connectivity index (χ3n) is 5.93. The van der Waals surface area contributed by atoms with E-state index in [0.29, 0.717) is 39.7 Å². The number of fused-ring (bicyclic) bond motifs is 2. The molecule has 0 spiro atoms. The van der Waals surface area contributed by atoms with E-state index in [-0.39, 0.29) is 11.5 Å². The van der Waals surface area contributed by atoms with Crippen molar-refractivity contribution in [1.29, 1.82) is 0 Å². The second-order valence-electron chi connectivity index (χ2n) is 8.39. The lowest BCUT2D eigenvalue weighted by Gasteiger charge is -2.16. The van der Waals surface area contributed by atoms with E-state index in [1.165, 1.54) is 24.8 Å². The first kappa shape index (κ1) is 23.3. The minimum Gasteiger partial charge on any atom is -0.395 e. The van der Waals surface area contributed by atoms with Crippen LogP contribution in [0.2, 0.25) is 0 Å². The summed E-state index contributed by atoms with van der Waals surface area (Å²) in [4.78, 5) is 22.0. The first-order valence-electron chi connectivity index (χ1n) is 11.5. The second-order valence-corrected chi connectivity index (χ2v) is 8.39. The van der Waals surface area contributed by atoms with E-state index in [1.807, 2.05) is 37.3 Å². The number of aromatic nitrogens is 5. The molecule has 0 aliphatic carbocycles. The smallest absolute Gasteiger partial charge is 0.395 e. The fourth-order valence-electron chi connectivity index (χ4n) is 4.12. The maximum absolute atomic E-state index is 13.4. The number of hydrogen-bond donors (Lipinski definition) is 3. The minimum absolute atomic E-state index is 0.0353. The molecule has 38 heavy (non-hydrogen) atoms. The Labute approximate surface area is 215 Å². The normalized spacial score (nSPS) is 13.4. The number of hydrogen-bond acceptors (Lipinski definition) is 10. The summed E-state index contributed by atoms with van der Waals surface area (Å²) in [5.41, 5.74) is 4.29. The van der Waals surface area contributed by atoms with Crippen molar-refractivity contribution in [2.24, 2.45) is 0 Å². The van der Waals surface area contributed by atoms with E-state index in [1.54, 1.807) is 19.3 Å². The van der Waals surface area contributed by atoms with Gasteiger partial charge in [0.1, 0.15) is 30.1 Å². The van der Waals surface area contributed by atoms with Crippen molar-refractivity contribution in [3.05, 3.63) is 72.9 Å². The van der Waals surface area contributed by atoms with E-state index in [4.69, 9.17) is 0 Å². The Morgan fingerprint density at radius 1 is 0.816 bits per heavy atom. The number of benzene rings is 2. The van der Waals surface area contributed by atoms with E-state index in [0.717, 1.165) is 16.8 Å². The molecular weight excluding hydrogens is 494 g/mol. The number of nitrogens with zero attached hydrogens (tertiary/aromatic N) is 5. The van der Waals surface area contributed by atoms with Gasteiger partial charge in [0, 0.05) is 42.0 Å². The highest BCUT2D eigenvalue weighted by molar-refractivity contribution is 6.00. The second kappa shape index (κ2) is 9.07. The highest BCUT2D eigenvalue weighted by atomic mass is 19.3. The van der Waals surface area contributed by atoms with Crippen LogP contribution in [0.1, 0.15) is 5.56 Å². The van der Waals surface area contributed by atoms with E-state index < -0.39 is 6.29 Å². The first-order chi connectivity index (χ1) is 18.4. The van der Waals surface area contributed by atoms with Crippen molar-refractivity contribution in [3.8, 4) is 22.8 Å². The number of anilines is 5. The highest BCUT2D eigenvalue weighted by Crippen LogP contribution is 2.43. The topological polar surface area (TPSA) is 119 Å². The van der Waals surface area contributed by atoms with Gasteiger partial charge in [-0.1, -0.05) is 6.07 Å². The largest absolute Gasteiger partial charge is 0.586 e. The van der Waals surface area contributed by atoms with Gasteiger partial charge >= 0.3 is 6.29 Å². The van der Waals surface area contributed by atoms with Crippen molar-refractivity contribution in [2.45, 2.75) is 13.2 Å². The molecule has 0 saturated heterocycles. The van der Waals surface area contributed by atoms with Crippen molar-refractivity contribution in [2.75, 3.05) is 23.0 Å². The van der Waals surface area contributed by atoms with Gasteiger partial charge in [-0.05, 0) is 42.8 Å². The zero-order chi connectivity index (χ0) is 26.3. The lowest BCUT2D eigenvalue weighted by molar-refractivity contribution is -0.286. The molecule has 3 N–H and O–H groups in total. The Kier molecular flexibility index (Phi) is 5.56. The summed E-state index contributed by atoms with van der Waals surface area (Å²) in [6, 6.07) is 13.9. The summed E-state index contributed by atoms with van der Waals surface area (Å²) in [5, 5.41) is 10.3. The van der Waals surface area contributed by atoms with E-state index in [2.05, 4.69) is 50.3 Å². The highest BCUT2D eigenvalue weighted by Gasteiger charge is 2.43. The first-order valence-corrected chi connectivity index (χ1v) is 11.5. The number of rotatable bonds is 6. The van der Waals surface area contributed by atoms with Crippen LogP contribution in [0.25, 0.3) is 22.2 Å². The maximum Gasteiger partial charge on any atom is 0.586 e. The molecule has 0 amide bonds. The zero-order valence-corrected chi connectivity index (χ0v) is 20.2. The van der Waals surface area contributed by atoms with Crippen molar-refractivity contribution in [1.82, 2.24) is 24.9 Å². The van der Waals surface area contributed by atoms with Crippen LogP contribution in [-0.2, 0) is 0 Å². The summed E-state index contributed by atoms with van der Waals surface area (Å²) in [6.45, 7) is 1.96. The average Bonchev–Trinajstić information content (AvgIpc) is 3.24. The number of alkyl halides is 2. The van der Waals surface area contributed by atoms with E-state index >= 15 is 0 Å². The summed E-state index contributed by atoms with van der Waals surface area (Å²) >= 11 is 0. The van der Waals surface area contributed by atoms with Gasteiger partial charge in [-0.2, -0.15) is 0 Å². The fraction of sp³-hybridized carbons (Fsp3) is 0.115. The molecular formula is C26H20F2N8O2. The molecule has 0 saturated carbocycles. The van der Waals surface area contributed by atoms with Gasteiger partial charge in [-0.3, -0.25) is 0 Å². The predicted molar refractivity (Wildman–Crippen MR) is 138 cm³/mol. The van der Waals surface area contributed by atoms with Crippen LogP contribution in [-0.4, -0.2) is 38.3 Å². The fourth-order valence-corrected chi connectivity index (χ4v) is 4.12. The lowest BCUT2D eigenvalue weighted by Crippen LogP contribution is -2.25. The van der Waals surface area contributed by atoms with Gasteiger partial charge in [-0.25, -0.2) is 24.9 Å². The predicted octanol–water partition coefficient (Wildman–Crippen LogP) is 5.64. The maximum atomic E-state index is 13.4. The van der Waals surface area contributed by atoms with Crippen molar-refractivity contribution < 1.29 is 18.3 Å². The molecule has 6 rings (SSSR count). The number of nitrogens with one attached hydrogen (secondary N) is 3. The minimum atomic E-state index is -3.69. The average molecular weight is 514 g/mol. The molecule has 0 unspecified atom stereocenters. The van der Waals surface area contributed by atoms with Gasteiger partial charge in [0.15, 0.2) is 11.5 Å². The van der Waals surface area contributed by atoms with Gasteiger partial charge in [-0.15, -0.1) is 8.78 Å². The Morgan fingerprint density at radius 3 is 2.53 bits per heavy atom. The molecule has 2 aromatic carbocycles. The molecule has 190 valence electrons. The van der Waals surface area contributed by atoms with Crippen molar-refractivity contribution >= 4 is 39.7 Å². The SMILES string of the molecule is CNc1cc(-c2cccnc2Nc2c(C)ccc3c(Nc4ccc5c(c4)OC(F)(F)O5)ncnc23)ncn1. The van der Waals surface area contributed by atoms with Gasteiger partial charge in [0.25, 0.3) is 0 Å². The van der Waals surface area contributed by atoms with Crippen LogP contribution in [0.3, 0.4) is 0 Å². The van der Waals surface area contributed by atoms with Gasteiger partial charge in [0.2, 0.25) is 0 Å². The third kappa shape index (κ3) is 4.32. The number of pyridine rings is 1. The molecule has 4 heterocycles. The standard InChI is InChI=1S/C26H20F2N8O2/c1-14-5-7-17-23(22(14)36-24-16(4-3-9-30-24)18-11-21(29-2)32-12-31-18)33-13-34-25(17)35-15-6-8-19-20(10-15)38-26(27,28)37-19/h3-13H,1-2H3,(H,30,36)(H,29,31,32)(H,33,34,35). The molecule has 0 fully saturated rings. The molecule has 0 atom stereocenters. The number of ether oxygens (including phenoxy) is 2. The van der Waals surface area contributed by atoms with Crippen LogP contribution >= 0.6 is 0 Å². The Bertz CT molecular complexity index is 1680. The van der Waals surface area contributed by atoms with Crippen LogP contribution in [0, 0.1) is 6.92 Å². The van der Waals surface area contributed by atoms with Crippen LogP contribution in [0.4, 0.5) is 37.6 Å². The van der Waals surface area contributed by atoms with E-state index in [9.17, 15) is 8.78 Å². The Morgan fingerprint density at radius 2 is 1.66 bits per heavy atom. The van der Waals surface area contributed by atoms with Crippen LogP contribution in [0.15, 0.2) is 67.4 Å². The Hall–Kier alpha value is -5.13. The monoisotopic (exact) mass is 514 g/mol. The molecule has 1 aliphatic heterocycles. The molecule has 3 aromatic heterocycles. The molecule has 10 nitrogen and oxygen atoms in total. The number of halogens is 2. The summed E-state index contributed by atoms with van der Waals surface area (Å²) < 4.78 is 35.9. The van der Waals surface area contributed by atoms with Crippen LogP contribution in [0.5, 0.6) is 11.5 Å². The summed E-state index contributed by atoms with van der Waals surface area (Å²) in [6.07, 6.45) is 0.923. The third-order valence-corrected chi connectivity index (χ3v) is 5.93. The zero-order valence-electron chi connectivity index (χ0n) is 20.2. The van der Waals surface area contributed by atoms with Gasteiger partial charge in [0.05, 0.1) is 16.9 Å². The number of aryl methyl sites for hydroxylation is 1. The quantitative estimate of drug-likeness (QED) is 0.263. The van der Waals surface area contributed by atoms with Gasteiger partial charge < -0.3 is 25.4 Å². The van der Waals surface area contributed by atoms with Crippen LogP contribution < -0.4 is 25.4 Å². The molecule has 1 aliphatic rings. The Balaban J connectivity index is 1.37.